The zero-order valence-electron chi connectivity index (χ0n) is 10.4. The molecule has 0 aromatic carbocycles. The number of hydrogen-bond acceptors (Lipinski definition) is 3. The summed E-state index contributed by atoms with van der Waals surface area (Å²) in [6.45, 7) is 6.58. The molecule has 0 aliphatic carbocycles. The van der Waals surface area contributed by atoms with Gasteiger partial charge in [-0.3, -0.25) is 4.79 Å². The predicted octanol–water partition coefficient (Wildman–Crippen LogP) is 2.54. The Balaban J connectivity index is 2.75. The third-order valence-corrected chi connectivity index (χ3v) is 3.20. The Morgan fingerprint density at radius 1 is 1.65 bits per heavy atom. The maximum atomic E-state index is 12.0. The lowest BCUT2D eigenvalue weighted by Crippen LogP contribution is -2.52. The van der Waals surface area contributed by atoms with E-state index in [0.29, 0.717) is 22.7 Å². The van der Waals surface area contributed by atoms with Gasteiger partial charge in [0, 0.05) is 12.1 Å². The molecule has 0 radical (unpaired) electrons. The number of carbonyl (C=O) groups is 1. The van der Waals surface area contributed by atoms with Gasteiger partial charge in [0.1, 0.15) is 0 Å². The van der Waals surface area contributed by atoms with Crippen molar-refractivity contribution >= 4 is 21.8 Å². The van der Waals surface area contributed by atoms with Crippen LogP contribution in [0.5, 0.6) is 0 Å². The Morgan fingerprint density at radius 3 is 2.71 bits per heavy atom. The molecule has 1 heterocycles. The Labute approximate surface area is 110 Å². The molecule has 0 spiro atoms. The highest BCUT2D eigenvalue weighted by Crippen LogP contribution is 2.20. The molecule has 0 fully saturated rings. The minimum Gasteiger partial charge on any atom is -0.457 e. The molecule has 0 aliphatic heterocycles. The van der Waals surface area contributed by atoms with Crippen LogP contribution < -0.4 is 11.1 Å². The monoisotopic (exact) mass is 302 g/mol. The van der Waals surface area contributed by atoms with Gasteiger partial charge < -0.3 is 15.5 Å². The van der Waals surface area contributed by atoms with Gasteiger partial charge in [0.05, 0.1) is 11.8 Å². The predicted molar refractivity (Wildman–Crippen MR) is 70.8 cm³/mol. The highest BCUT2D eigenvalue weighted by Gasteiger charge is 2.27. The number of nitrogens with one attached hydrogen (secondary N) is 1. The van der Waals surface area contributed by atoms with Crippen molar-refractivity contribution in [3.05, 3.63) is 22.6 Å². The van der Waals surface area contributed by atoms with Crippen LogP contribution in [0.4, 0.5) is 0 Å². The highest BCUT2D eigenvalue weighted by molar-refractivity contribution is 9.10. The Hall–Kier alpha value is -0.810. The zero-order chi connectivity index (χ0) is 13.1. The summed E-state index contributed by atoms with van der Waals surface area (Å²) in [6.07, 6.45) is 2.31. The first-order valence-corrected chi connectivity index (χ1v) is 6.43. The number of carbonyl (C=O) groups excluding carboxylic acids is 1. The largest absolute Gasteiger partial charge is 0.457 e. The van der Waals surface area contributed by atoms with Gasteiger partial charge in [-0.15, -0.1) is 0 Å². The molecule has 4 nitrogen and oxygen atoms in total. The number of rotatable bonds is 5. The molecule has 5 heteroatoms. The van der Waals surface area contributed by atoms with Crippen molar-refractivity contribution in [2.75, 3.05) is 6.54 Å². The van der Waals surface area contributed by atoms with Crippen molar-refractivity contribution in [1.82, 2.24) is 5.32 Å². The summed E-state index contributed by atoms with van der Waals surface area (Å²) < 4.78 is 5.48. The molecule has 17 heavy (non-hydrogen) atoms. The van der Waals surface area contributed by atoms with E-state index in [2.05, 4.69) is 35.1 Å². The third kappa shape index (κ3) is 3.85. The molecule has 1 unspecified atom stereocenters. The molecular weight excluding hydrogens is 284 g/mol. The number of nitrogens with two attached hydrogens (primary N) is 1. The summed E-state index contributed by atoms with van der Waals surface area (Å²) >= 11 is 3.19. The molecule has 1 amide bonds. The Morgan fingerprint density at radius 2 is 2.29 bits per heavy atom. The van der Waals surface area contributed by atoms with E-state index in [1.807, 2.05) is 6.92 Å². The van der Waals surface area contributed by atoms with Gasteiger partial charge in [-0.25, -0.2) is 0 Å². The second kappa shape index (κ2) is 5.69. The lowest BCUT2D eigenvalue weighted by Gasteiger charge is -2.31. The second-order valence-corrected chi connectivity index (χ2v) is 5.65. The van der Waals surface area contributed by atoms with E-state index in [1.54, 1.807) is 6.07 Å². The minimum absolute atomic E-state index is 0.167. The Kier molecular flexibility index (Phi) is 4.77. The molecule has 1 aromatic rings. The summed E-state index contributed by atoms with van der Waals surface area (Å²) in [7, 11) is 0. The van der Waals surface area contributed by atoms with Crippen molar-refractivity contribution in [2.24, 2.45) is 11.7 Å². The van der Waals surface area contributed by atoms with Gasteiger partial charge in [0.25, 0.3) is 5.91 Å². The molecule has 3 N–H and O–H groups in total. The van der Waals surface area contributed by atoms with Crippen LogP contribution in [-0.4, -0.2) is 18.0 Å². The summed E-state index contributed by atoms with van der Waals surface area (Å²) in [6, 6.07) is 1.63. The molecule has 1 rings (SSSR count). The fourth-order valence-corrected chi connectivity index (χ4v) is 2.30. The van der Waals surface area contributed by atoms with Crippen LogP contribution in [0.2, 0.25) is 0 Å². The van der Waals surface area contributed by atoms with E-state index < -0.39 is 0 Å². The van der Waals surface area contributed by atoms with E-state index in [9.17, 15) is 4.79 Å². The molecule has 0 saturated heterocycles. The average Bonchev–Trinajstić information content (AvgIpc) is 2.63. The smallest absolute Gasteiger partial charge is 0.256 e. The minimum atomic E-state index is -0.387. The zero-order valence-corrected chi connectivity index (χ0v) is 12.0. The van der Waals surface area contributed by atoms with Crippen LogP contribution in [0.1, 0.15) is 37.6 Å². The first kappa shape index (κ1) is 14.3. The topological polar surface area (TPSA) is 68.3 Å². The quantitative estimate of drug-likeness (QED) is 0.878. The van der Waals surface area contributed by atoms with E-state index in [-0.39, 0.29) is 11.4 Å². The van der Waals surface area contributed by atoms with Crippen molar-refractivity contribution in [3.63, 3.8) is 0 Å². The summed E-state index contributed by atoms with van der Waals surface area (Å²) in [5.41, 5.74) is 5.85. The van der Waals surface area contributed by atoms with Crippen molar-refractivity contribution in [2.45, 2.75) is 32.7 Å². The summed E-state index contributed by atoms with van der Waals surface area (Å²) in [4.78, 5) is 12.0. The van der Waals surface area contributed by atoms with Crippen LogP contribution in [0.25, 0.3) is 0 Å². The molecule has 1 atom stereocenters. The lowest BCUT2D eigenvalue weighted by atomic mass is 9.90. The van der Waals surface area contributed by atoms with Crippen LogP contribution in [-0.2, 0) is 0 Å². The van der Waals surface area contributed by atoms with Gasteiger partial charge in [-0.05, 0) is 41.3 Å². The lowest BCUT2D eigenvalue weighted by molar-refractivity contribution is 0.0896. The van der Waals surface area contributed by atoms with Gasteiger partial charge >= 0.3 is 0 Å². The Bertz CT molecular complexity index is 390. The van der Waals surface area contributed by atoms with Crippen molar-refractivity contribution in [1.29, 1.82) is 0 Å². The molecule has 96 valence electrons. The number of halogens is 1. The fourth-order valence-electron chi connectivity index (χ4n) is 1.88. The number of hydrogen-bond donors (Lipinski definition) is 2. The maximum Gasteiger partial charge on any atom is 0.256 e. The number of furan rings is 1. The molecule has 1 aromatic heterocycles. The summed E-state index contributed by atoms with van der Waals surface area (Å²) in [5, 5.41) is 2.96. The fraction of sp³-hybridized carbons (Fsp3) is 0.583. The first-order chi connectivity index (χ1) is 7.88. The van der Waals surface area contributed by atoms with Gasteiger partial charge in [-0.2, -0.15) is 0 Å². The molecular formula is C12H19BrN2O2. The maximum absolute atomic E-state index is 12.0. The van der Waals surface area contributed by atoms with Crippen molar-refractivity contribution < 1.29 is 9.21 Å². The van der Waals surface area contributed by atoms with Gasteiger partial charge in [0.15, 0.2) is 4.67 Å². The SMILES string of the molecule is CC(C)CC(C)(CN)NC(=O)c1ccoc1Br. The normalized spacial score (nSPS) is 14.7. The number of amides is 1. The van der Waals surface area contributed by atoms with E-state index in [4.69, 9.17) is 10.2 Å². The van der Waals surface area contributed by atoms with Crippen LogP contribution >= 0.6 is 15.9 Å². The molecule has 0 bridgehead atoms. The standard InChI is InChI=1S/C12H19BrN2O2/c1-8(2)6-12(3,7-14)15-11(16)9-4-5-17-10(9)13/h4-5,8H,6-7,14H2,1-3H3,(H,15,16). The van der Waals surface area contributed by atoms with E-state index >= 15 is 0 Å². The highest BCUT2D eigenvalue weighted by atomic mass is 79.9. The molecule has 0 saturated carbocycles. The molecule has 0 aliphatic rings. The third-order valence-electron chi connectivity index (χ3n) is 2.59. The van der Waals surface area contributed by atoms with Crippen LogP contribution in [0.3, 0.4) is 0 Å². The van der Waals surface area contributed by atoms with Gasteiger partial charge in [-0.1, -0.05) is 13.8 Å². The van der Waals surface area contributed by atoms with E-state index in [0.717, 1.165) is 6.42 Å². The first-order valence-electron chi connectivity index (χ1n) is 5.63. The van der Waals surface area contributed by atoms with Crippen molar-refractivity contribution in [3.8, 4) is 0 Å². The van der Waals surface area contributed by atoms with Crippen LogP contribution in [0.15, 0.2) is 21.4 Å². The van der Waals surface area contributed by atoms with Gasteiger partial charge in [0.2, 0.25) is 0 Å². The van der Waals surface area contributed by atoms with E-state index in [1.165, 1.54) is 6.26 Å². The van der Waals surface area contributed by atoms with Crippen LogP contribution in [0, 0.1) is 5.92 Å². The average molecular weight is 303 g/mol. The second-order valence-electron chi connectivity index (χ2n) is 4.92. The summed E-state index contributed by atoms with van der Waals surface area (Å²) in [5.74, 6) is 0.302.